The molecule has 2 N–H and O–H groups in total. The predicted octanol–water partition coefficient (Wildman–Crippen LogP) is 5.51. The van der Waals surface area contributed by atoms with Gasteiger partial charge < -0.3 is 34.1 Å². The van der Waals surface area contributed by atoms with Crippen LogP contribution in [0.2, 0.25) is 0 Å². The summed E-state index contributed by atoms with van der Waals surface area (Å²) in [5.74, 6) is -0.0377. The monoisotopic (exact) mass is 629 g/mol. The van der Waals surface area contributed by atoms with Crippen LogP contribution in [0.5, 0.6) is 23.0 Å². The molecule has 2 aliphatic rings. The molecule has 0 spiro atoms. The van der Waals surface area contributed by atoms with Crippen LogP contribution in [0.3, 0.4) is 0 Å². The second-order valence-electron chi connectivity index (χ2n) is 9.75. The van der Waals surface area contributed by atoms with E-state index in [2.05, 4.69) is 21.2 Å². The third kappa shape index (κ3) is 6.38. The Balaban J connectivity index is 1.78. The topological polar surface area (TPSA) is 113 Å². The van der Waals surface area contributed by atoms with Crippen molar-refractivity contribution < 1.29 is 38.4 Å². The molecule has 1 heterocycles. The first kappa shape index (κ1) is 30.5. The van der Waals surface area contributed by atoms with E-state index >= 15 is 0 Å². The number of ether oxygens (including phenoxy) is 5. The smallest absolute Gasteiger partial charge is 0.336 e. The summed E-state index contributed by atoms with van der Waals surface area (Å²) in [5.41, 5.74) is 3.76. The summed E-state index contributed by atoms with van der Waals surface area (Å²) in [5, 5.41) is 13.9. The van der Waals surface area contributed by atoms with Crippen LogP contribution < -0.4 is 19.5 Å². The largest absolute Gasteiger partial charge is 0.503 e. The standard InChI is InChI=1S/C31H36BrNO8/c1-6-39-10-11-41-31(36)27-17(3)33-22-13-19(18-8-9-24(37-4)25(15-18)38-5)14-23(34)29(22)28(27)20-12-21(32)30(35)26(16-20)40-7-2/h8-9,12,15-16,19,28,33,35H,6-7,10-11,13-14H2,1-5H3/t19-,28+/m1/s1. The molecule has 10 heteroatoms. The van der Waals surface area contributed by atoms with Gasteiger partial charge in [-0.25, -0.2) is 4.79 Å². The molecular formula is C31H36BrNO8. The van der Waals surface area contributed by atoms with Crippen molar-refractivity contribution in [2.24, 2.45) is 0 Å². The molecule has 0 unspecified atom stereocenters. The Bertz CT molecular complexity index is 1380. The number of esters is 1. The molecule has 4 rings (SSSR count). The summed E-state index contributed by atoms with van der Waals surface area (Å²) in [6.45, 7) is 6.68. The maximum absolute atomic E-state index is 14.0. The van der Waals surface area contributed by atoms with E-state index in [9.17, 15) is 14.7 Å². The molecule has 1 aliphatic carbocycles. The molecule has 0 aromatic heterocycles. The number of Topliss-reactive ketones (excluding diaryl/α,β-unsaturated/α-hetero) is 1. The van der Waals surface area contributed by atoms with E-state index in [0.29, 0.717) is 58.0 Å². The van der Waals surface area contributed by atoms with E-state index in [1.165, 1.54) is 0 Å². The van der Waals surface area contributed by atoms with Crippen molar-refractivity contribution >= 4 is 27.7 Å². The maximum atomic E-state index is 14.0. The summed E-state index contributed by atoms with van der Waals surface area (Å²) in [6.07, 6.45) is 0.796. The Hall–Kier alpha value is -3.50. The van der Waals surface area contributed by atoms with Crippen molar-refractivity contribution in [3.63, 3.8) is 0 Å². The lowest BCUT2D eigenvalue weighted by molar-refractivity contribution is -0.140. The summed E-state index contributed by atoms with van der Waals surface area (Å²) >= 11 is 3.42. The highest BCUT2D eigenvalue weighted by Crippen LogP contribution is 2.48. The van der Waals surface area contributed by atoms with Crippen LogP contribution in [0.4, 0.5) is 0 Å². The Morgan fingerprint density at radius 3 is 2.41 bits per heavy atom. The number of phenols is 1. The SMILES string of the molecule is CCOCCOC(=O)C1=C(C)NC2=C(C(=O)C[C@H](c3ccc(OC)c(OC)c3)C2)[C@H]1c1cc(Br)c(O)c(OCC)c1. The van der Waals surface area contributed by atoms with E-state index in [0.717, 1.165) is 11.3 Å². The highest BCUT2D eigenvalue weighted by Gasteiger charge is 2.42. The van der Waals surface area contributed by atoms with Gasteiger partial charge in [0.2, 0.25) is 0 Å². The van der Waals surface area contributed by atoms with Crippen LogP contribution in [0, 0.1) is 0 Å². The second kappa shape index (κ2) is 13.4. The fourth-order valence-corrected chi connectivity index (χ4v) is 5.89. The molecule has 2 atom stereocenters. The molecule has 0 saturated heterocycles. The minimum absolute atomic E-state index is 0.0521. The number of phenolic OH excluding ortho intramolecular Hbond substituents is 1. The lowest BCUT2D eigenvalue weighted by Crippen LogP contribution is -2.36. The number of carbonyl (C=O) groups excluding carboxylic acids is 2. The van der Waals surface area contributed by atoms with Gasteiger partial charge in [0.1, 0.15) is 6.61 Å². The van der Waals surface area contributed by atoms with Crippen LogP contribution in [0.1, 0.15) is 56.6 Å². The summed E-state index contributed by atoms with van der Waals surface area (Å²) in [4.78, 5) is 27.5. The van der Waals surface area contributed by atoms with Crippen LogP contribution in [-0.2, 0) is 19.1 Å². The first-order valence-corrected chi connectivity index (χ1v) is 14.4. The van der Waals surface area contributed by atoms with E-state index in [1.54, 1.807) is 33.3 Å². The normalized spacial score (nSPS) is 18.5. The van der Waals surface area contributed by atoms with Crippen LogP contribution >= 0.6 is 15.9 Å². The molecule has 0 radical (unpaired) electrons. The zero-order valence-electron chi connectivity index (χ0n) is 24.0. The minimum atomic E-state index is -0.721. The van der Waals surface area contributed by atoms with E-state index in [-0.39, 0.29) is 42.8 Å². The average molecular weight is 631 g/mol. The quantitative estimate of drug-likeness (QED) is 0.245. The number of aromatic hydroxyl groups is 1. The van der Waals surface area contributed by atoms with Gasteiger partial charge in [0.15, 0.2) is 28.8 Å². The fraction of sp³-hybridized carbons (Fsp3) is 0.419. The zero-order valence-corrected chi connectivity index (χ0v) is 25.6. The summed E-state index contributed by atoms with van der Waals surface area (Å²) < 4.78 is 27.8. The van der Waals surface area contributed by atoms with Crippen molar-refractivity contribution in [3.05, 3.63) is 68.5 Å². The summed E-state index contributed by atoms with van der Waals surface area (Å²) in [7, 11) is 3.16. The van der Waals surface area contributed by atoms with Gasteiger partial charge in [-0.15, -0.1) is 0 Å². The van der Waals surface area contributed by atoms with Crippen LogP contribution in [-0.4, -0.2) is 57.5 Å². The van der Waals surface area contributed by atoms with E-state index in [4.69, 9.17) is 23.7 Å². The summed E-state index contributed by atoms with van der Waals surface area (Å²) in [6, 6.07) is 9.08. The van der Waals surface area contributed by atoms with Crippen LogP contribution in [0.15, 0.2) is 57.3 Å². The average Bonchev–Trinajstić information content (AvgIpc) is 2.96. The first-order valence-electron chi connectivity index (χ1n) is 13.6. The Kier molecular flexibility index (Phi) is 9.99. The lowest BCUT2D eigenvalue weighted by atomic mass is 9.71. The molecule has 220 valence electrons. The number of nitrogens with one attached hydrogen (secondary N) is 1. The number of hydrogen-bond donors (Lipinski definition) is 2. The Morgan fingerprint density at radius 2 is 1.73 bits per heavy atom. The van der Waals surface area contributed by atoms with Crippen molar-refractivity contribution in [2.75, 3.05) is 40.6 Å². The lowest BCUT2D eigenvalue weighted by Gasteiger charge is -2.37. The van der Waals surface area contributed by atoms with E-state index < -0.39 is 11.9 Å². The van der Waals surface area contributed by atoms with Crippen molar-refractivity contribution in [2.45, 2.75) is 45.4 Å². The molecule has 41 heavy (non-hydrogen) atoms. The third-order valence-electron chi connectivity index (χ3n) is 7.28. The van der Waals surface area contributed by atoms with Crippen molar-refractivity contribution in [1.29, 1.82) is 0 Å². The Morgan fingerprint density at radius 1 is 1.00 bits per heavy atom. The molecule has 0 bridgehead atoms. The number of rotatable bonds is 11. The van der Waals surface area contributed by atoms with E-state index in [1.807, 2.05) is 32.0 Å². The minimum Gasteiger partial charge on any atom is -0.503 e. The van der Waals surface area contributed by atoms with Gasteiger partial charge in [-0.3, -0.25) is 4.79 Å². The Labute approximate surface area is 248 Å². The van der Waals surface area contributed by atoms with Gasteiger partial charge in [-0.2, -0.15) is 0 Å². The van der Waals surface area contributed by atoms with Gasteiger partial charge in [0, 0.05) is 35.9 Å². The van der Waals surface area contributed by atoms with Gasteiger partial charge in [0.25, 0.3) is 0 Å². The molecule has 0 saturated carbocycles. The number of dihydropyridines is 1. The van der Waals surface area contributed by atoms with Crippen molar-refractivity contribution in [1.82, 2.24) is 5.32 Å². The maximum Gasteiger partial charge on any atom is 0.336 e. The van der Waals surface area contributed by atoms with Gasteiger partial charge >= 0.3 is 5.97 Å². The zero-order chi connectivity index (χ0) is 29.7. The second-order valence-corrected chi connectivity index (χ2v) is 10.6. The molecule has 2 aromatic rings. The fourth-order valence-electron chi connectivity index (χ4n) is 5.43. The third-order valence-corrected chi connectivity index (χ3v) is 7.88. The molecule has 0 fully saturated rings. The number of hydrogen-bond acceptors (Lipinski definition) is 9. The van der Waals surface area contributed by atoms with Gasteiger partial charge in [0.05, 0.1) is 37.5 Å². The number of carbonyl (C=O) groups is 2. The number of ketones is 1. The van der Waals surface area contributed by atoms with Crippen molar-refractivity contribution in [3.8, 4) is 23.0 Å². The number of halogens is 1. The van der Waals surface area contributed by atoms with Gasteiger partial charge in [-0.1, -0.05) is 6.07 Å². The highest BCUT2D eigenvalue weighted by atomic mass is 79.9. The first-order chi connectivity index (χ1) is 19.7. The molecule has 9 nitrogen and oxygen atoms in total. The number of benzene rings is 2. The molecule has 1 aliphatic heterocycles. The number of methoxy groups -OCH3 is 2. The number of allylic oxidation sites excluding steroid dienone is 3. The molecular weight excluding hydrogens is 594 g/mol. The van der Waals surface area contributed by atoms with Gasteiger partial charge in [-0.05, 0) is 84.4 Å². The van der Waals surface area contributed by atoms with Crippen LogP contribution in [0.25, 0.3) is 0 Å². The molecule has 0 amide bonds. The highest BCUT2D eigenvalue weighted by molar-refractivity contribution is 9.10. The predicted molar refractivity (Wildman–Crippen MR) is 157 cm³/mol. The molecule has 2 aromatic carbocycles.